The van der Waals surface area contributed by atoms with Crippen molar-refractivity contribution in [2.45, 2.75) is 13.5 Å². The Balaban J connectivity index is 0.00000105. The molecule has 0 spiro atoms. The first kappa shape index (κ1) is 22.1. The lowest BCUT2D eigenvalue weighted by molar-refractivity contribution is -0.384. The van der Waals surface area contributed by atoms with Crippen LogP contribution < -0.4 is 14.8 Å². The summed E-state index contributed by atoms with van der Waals surface area (Å²) in [6, 6.07) is 10.6. The molecular weight excluding hydrogens is 420 g/mol. The van der Waals surface area contributed by atoms with E-state index < -0.39 is 4.92 Å². The Kier molecular flexibility index (Phi) is 9.90. The highest BCUT2D eigenvalue weighted by Gasteiger charge is 2.17. The van der Waals surface area contributed by atoms with Crippen molar-refractivity contribution in [3.8, 4) is 11.5 Å². The Labute approximate surface area is 166 Å². The van der Waals surface area contributed by atoms with Gasteiger partial charge in [-0.3, -0.25) is 10.1 Å². The van der Waals surface area contributed by atoms with E-state index >= 15 is 0 Å². The van der Waals surface area contributed by atoms with Gasteiger partial charge in [-0.15, -0.1) is 0 Å². The third-order valence-corrected chi connectivity index (χ3v) is 3.82. The number of nitrogens with one attached hydrogen (secondary N) is 1. The maximum absolute atomic E-state index is 11.2. The standard InChI is InChI=1S/C16H17BrN2O4.C2H6S/c1-3-23-15-9-11(7-8-14(15)22-2)10-18-13-6-4-5-12(17)16(13)19(20)21;1-3-2/h4-9,18H,3,10H2,1-2H3;1-2H3. The maximum atomic E-state index is 11.2. The molecular formula is C18H23BrN2O4S. The molecule has 2 aromatic rings. The van der Waals surface area contributed by atoms with Gasteiger partial charge in [-0.2, -0.15) is 11.8 Å². The van der Waals surface area contributed by atoms with E-state index in [9.17, 15) is 10.1 Å². The van der Waals surface area contributed by atoms with Gasteiger partial charge in [0.2, 0.25) is 0 Å². The molecule has 26 heavy (non-hydrogen) atoms. The lowest BCUT2D eigenvalue weighted by Crippen LogP contribution is -2.04. The second-order valence-corrected chi connectivity index (χ2v) is 6.74. The molecule has 0 aliphatic heterocycles. The zero-order chi connectivity index (χ0) is 19.5. The van der Waals surface area contributed by atoms with Gasteiger partial charge >= 0.3 is 5.69 Å². The number of rotatable bonds is 7. The van der Waals surface area contributed by atoms with Crippen LogP contribution in [0.4, 0.5) is 11.4 Å². The van der Waals surface area contributed by atoms with Crippen LogP contribution in [0.5, 0.6) is 11.5 Å². The topological polar surface area (TPSA) is 73.6 Å². The zero-order valence-corrected chi connectivity index (χ0v) is 17.6. The third-order valence-electron chi connectivity index (χ3n) is 3.18. The van der Waals surface area contributed by atoms with Crippen LogP contribution in [0.2, 0.25) is 0 Å². The van der Waals surface area contributed by atoms with Gasteiger partial charge in [0, 0.05) is 6.54 Å². The van der Waals surface area contributed by atoms with E-state index in [4.69, 9.17) is 9.47 Å². The second-order valence-electron chi connectivity index (χ2n) is 5.07. The van der Waals surface area contributed by atoms with Crippen LogP contribution in [0.3, 0.4) is 0 Å². The van der Waals surface area contributed by atoms with E-state index in [1.165, 1.54) is 0 Å². The van der Waals surface area contributed by atoms with E-state index in [1.54, 1.807) is 37.1 Å². The van der Waals surface area contributed by atoms with Gasteiger partial charge in [0.15, 0.2) is 11.5 Å². The van der Waals surface area contributed by atoms with Crippen molar-refractivity contribution in [3.05, 3.63) is 56.5 Å². The van der Waals surface area contributed by atoms with Crippen LogP contribution in [0.1, 0.15) is 12.5 Å². The molecule has 0 aromatic heterocycles. The summed E-state index contributed by atoms with van der Waals surface area (Å²) >= 11 is 4.96. The normalized spacial score (nSPS) is 9.73. The summed E-state index contributed by atoms with van der Waals surface area (Å²) in [5.41, 5.74) is 1.41. The second kappa shape index (κ2) is 11.6. The summed E-state index contributed by atoms with van der Waals surface area (Å²) in [4.78, 5) is 10.8. The van der Waals surface area contributed by atoms with E-state index in [0.717, 1.165) is 5.56 Å². The number of benzene rings is 2. The minimum absolute atomic E-state index is 0.0195. The highest BCUT2D eigenvalue weighted by molar-refractivity contribution is 9.10. The SMILES string of the molecule is CCOc1cc(CNc2cccc(Br)c2[N+](=O)[O-])ccc1OC.CSC. The van der Waals surface area contributed by atoms with Gasteiger partial charge < -0.3 is 14.8 Å². The first-order valence-electron chi connectivity index (χ1n) is 7.85. The number of nitrogens with zero attached hydrogens (tertiary/aromatic N) is 1. The molecule has 0 aliphatic carbocycles. The Hall–Kier alpha value is -1.93. The molecule has 0 aliphatic rings. The van der Waals surface area contributed by atoms with Crippen molar-refractivity contribution in [2.24, 2.45) is 0 Å². The van der Waals surface area contributed by atoms with Crippen molar-refractivity contribution in [1.29, 1.82) is 0 Å². The summed E-state index contributed by atoms with van der Waals surface area (Å²) in [5, 5.41) is 14.3. The third kappa shape index (κ3) is 6.42. The molecule has 0 bridgehead atoms. The Morgan fingerprint density at radius 1 is 1.23 bits per heavy atom. The fraction of sp³-hybridized carbons (Fsp3) is 0.333. The summed E-state index contributed by atoms with van der Waals surface area (Å²) < 4.78 is 11.2. The number of hydrogen-bond acceptors (Lipinski definition) is 6. The summed E-state index contributed by atoms with van der Waals surface area (Å²) in [6.07, 6.45) is 4.08. The fourth-order valence-corrected chi connectivity index (χ4v) is 2.65. The molecule has 0 heterocycles. The average Bonchev–Trinajstić information content (AvgIpc) is 2.61. The Morgan fingerprint density at radius 2 is 1.92 bits per heavy atom. The van der Waals surface area contributed by atoms with Crippen LogP contribution in [0.25, 0.3) is 0 Å². The van der Waals surface area contributed by atoms with Crippen LogP contribution in [0.15, 0.2) is 40.9 Å². The van der Waals surface area contributed by atoms with Gasteiger partial charge in [-0.05, 0) is 65.2 Å². The number of hydrogen-bond donors (Lipinski definition) is 1. The number of nitro groups is 1. The molecule has 0 unspecified atom stereocenters. The molecule has 1 N–H and O–H groups in total. The molecule has 2 rings (SSSR count). The Bertz CT molecular complexity index is 728. The van der Waals surface area contributed by atoms with Gasteiger partial charge in [-0.25, -0.2) is 0 Å². The molecule has 8 heteroatoms. The minimum Gasteiger partial charge on any atom is -0.493 e. The molecule has 0 fully saturated rings. The molecule has 0 amide bonds. The monoisotopic (exact) mass is 442 g/mol. The van der Waals surface area contributed by atoms with Gasteiger partial charge in [0.25, 0.3) is 0 Å². The lowest BCUT2D eigenvalue weighted by Gasteiger charge is -2.12. The predicted octanol–water partition coefficient (Wildman–Crippen LogP) is 5.36. The van der Waals surface area contributed by atoms with Gasteiger partial charge in [0.05, 0.1) is 23.1 Å². The summed E-state index contributed by atoms with van der Waals surface area (Å²) in [6.45, 7) is 2.86. The molecule has 0 atom stereocenters. The van der Waals surface area contributed by atoms with E-state index in [1.807, 2.05) is 37.6 Å². The molecule has 0 saturated heterocycles. The first-order valence-corrected chi connectivity index (χ1v) is 10.3. The van der Waals surface area contributed by atoms with Crippen LogP contribution in [-0.4, -0.2) is 31.2 Å². The highest BCUT2D eigenvalue weighted by Crippen LogP contribution is 2.33. The van der Waals surface area contributed by atoms with E-state index in [0.29, 0.717) is 34.8 Å². The Morgan fingerprint density at radius 3 is 2.50 bits per heavy atom. The lowest BCUT2D eigenvalue weighted by atomic mass is 10.2. The van der Waals surface area contributed by atoms with E-state index in [2.05, 4.69) is 21.2 Å². The number of methoxy groups -OCH3 is 1. The van der Waals surface area contributed by atoms with Gasteiger partial charge in [-0.1, -0.05) is 12.1 Å². The van der Waals surface area contributed by atoms with Crippen LogP contribution in [0, 0.1) is 10.1 Å². The van der Waals surface area contributed by atoms with Crippen molar-refractivity contribution in [1.82, 2.24) is 0 Å². The maximum Gasteiger partial charge on any atom is 0.306 e. The van der Waals surface area contributed by atoms with Crippen LogP contribution >= 0.6 is 27.7 Å². The van der Waals surface area contributed by atoms with Crippen molar-refractivity contribution >= 4 is 39.1 Å². The van der Waals surface area contributed by atoms with E-state index in [-0.39, 0.29) is 5.69 Å². The number of ether oxygens (including phenoxy) is 2. The highest BCUT2D eigenvalue weighted by atomic mass is 79.9. The van der Waals surface area contributed by atoms with Crippen molar-refractivity contribution in [2.75, 3.05) is 31.5 Å². The van der Waals surface area contributed by atoms with Crippen molar-refractivity contribution in [3.63, 3.8) is 0 Å². The number of anilines is 1. The largest absolute Gasteiger partial charge is 0.493 e. The van der Waals surface area contributed by atoms with Crippen LogP contribution in [-0.2, 0) is 6.54 Å². The predicted molar refractivity (Wildman–Crippen MR) is 112 cm³/mol. The smallest absolute Gasteiger partial charge is 0.306 e. The number of nitro benzene ring substituents is 1. The van der Waals surface area contributed by atoms with Crippen molar-refractivity contribution < 1.29 is 14.4 Å². The quantitative estimate of drug-likeness (QED) is 0.459. The zero-order valence-electron chi connectivity index (χ0n) is 15.2. The fourth-order valence-electron chi connectivity index (χ4n) is 2.14. The molecule has 0 saturated carbocycles. The summed E-state index contributed by atoms with van der Waals surface area (Å²) in [7, 11) is 1.58. The summed E-state index contributed by atoms with van der Waals surface area (Å²) in [5.74, 6) is 1.31. The first-order chi connectivity index (χ1) is 12.5. The minimum atomic E-state index is -0.411. The average molecular weight is 443 g/mol. The number of halogens is 1. The van der Waals surface area contributed by atoms with Gasteiger partial charge in [0.1, 0.15) is 5.69 Å². The molecule has 6 nitrogen and oxygen atoms in total. The number of para-hydroxylation sites is 1. The number of thioether (sulfide) groups is 1. The molecule has 0 radical (unpaired) electrons. The molecule has 2 aromatic carbocycles. The molecule has 142 valence electrons.